The first-order chi connectivity index (χ1) is 16.8. The minimum Gasteiger partial charge on any atom is -0.481 e. The summed E-state index contributed by atoms with van der Waals surface area (Å²) in [4.78, 5) is 38.8. The normalized spacial score (nSPS) is 20.6. The van der Waals surface area contributed by atoms with E-state index in [-0.39, 0.29) is 36.7 Å². The number of nitrogens with one attached hydrogen (secondary N) is 1. The Hall–Kier alpha value is -3.39. The Balaban J connectivity index is 1.42. The highest BCUT2D eigenvalue weighted by Crippen LogP contribution is 2.44. The van der Waals surface area contributed by atoms with Gasteiger partial charge in [-0.25, -0.2) is 4.79 Å². The van der Waals surface area contributed by atoms with Crippen LogP contribution in [0.4, 0.5) is 4.79 Å². The molecule has 0 radical (unpaired) electrons. The van der Waals surface area contributed by atoms with Crippen molar-refractivity contribution in [1.29, 1.82) is 0 Å². The van der Waals surface area contributed by atoms with Crippen LogP contribution in [0.5, 0.6) is 0 Å². The molecular weight excluding hydrogens is 448 g/mol. The third-order valence-corrected chi connectivity index (χ3v) is 7.24. The summed E-state index contributed by atoms with van der Waals surface area (Å²) in [6, 6.07) is 15.2. The number of hydrogen-bond donors (Lipinski definition) is 2. The second-order valence-electron chi connectivity index (χ2n) is 9.47. The summed E-state index contributed by atoms with van der Waals surface area (Å²) in [5, 5.41) is 11.8. The minimum atomic E-state index is -0.938. The number of rotatable bonds is 8. The van der Waals surface area contributed by atoms with E-state index in [0.717, 1.165) is 22.3 Å². The van der Waals surface area contributed by atoms with Gasteiger partial charge in [0.1, 0.15) is 12.6 Å². The van der Waals surface area contributed by atoms with Gasteiger partial charge in [0.15, 0.2) is 0 Å². The molecule has 2 aliphatic rings. The van der Waals surface area contributed by atoms with Crippen LogP contribution in [0.3, 0.4) is 0 Å². The molecule has 2 N–H and O–H groups in total. The summed E-state index contributed by atoms with van der Waals surface area (Å²) < 4.78 is 11.0. The Kier molecular flexibility index (Phi) is 7.40. The third kappa shape index (κ3) is 5.17. The molecule has 0 bridgehead atoms. The maximum Gasteiger partial charge on any atom is 0.407 e. The topological polar surface area (TPSA) is 105 Å². The Labute approximate surface area is 205 Å². The zero-order valence-electron chi connectivity index (χ0n) is 20.3. The molecule has 4 rings (SSSR count). The number of fused-ring (bicyclic) bond motifs is 3. The van der Waals surface area contributed by atoms with Crippen LogP contribution >= 0.6 is 0 Å². The van der Waals surface area contributed by atoms with Crippen molar-refractivity contribution in [3.8, 4) is 11.1 Å². The second kappa shape index (κ2) is 10.5. The van der Waals surface area contributed by atoms with E-state index in [1.807, 2.05) is 43.3 Å². The van der Waals surface area contributed by atoms with Gasteiger partial charge in [-0.15, -0.1) is 0 Å². The molecule has 0 aromatic heterocycles. The number of ether oxygens (including phenoxy) is 2. The molecule has 8 nitrogen and oxygen atoms in total. The van der Waals surface area contributed by atoms with Gasteiger partial charge in [0.2, 0.25) is 5.91 Å². The van der Waals surface area contributed by atoms with Gasteiger partial charge in [-0.3, -0.25) is 9.59 Å². The van der Waals surface area contributed by atoms with Crippen molar-refractivity contribution < 1.29 is 29.0 Å². The molecular formula is C27H32N2O6. The fraction of sp³-hybridized carbons (Fsp3) is 0.444. The highest BCUT2D eigenvalue weighted by molar-refractivity contribution is 5.87. The summed E-state index contributed by atoms with van der Waals surface area (Å²) >= 11 is 0. The van der Waals surface area contributed by atoms with Gasteiger partial charge in [-0.2, -0.15) is 0 Å². The first kappa shape index (κ1) is 24.7. The van der Waals surface area contributed by atoms with E-state index in [9.17, 15) is 14.4 Å². The fourth-order valence-electron chi connectivity index (χ4n) is 5.18. The first-order valence-electron chi connectivity index (χ1n) is 11.9. The van der Waals surface area contributed by atoms with E-state index in [2.05, 4.69) is 17.4 Å². The van der Waals surface area contributed by atoms with Crippen molar-refractivity contribution in [3.05, 3.63) is 59.7 Å². The molecule has 0 saturated carbocycles. The monoisotopic (exact) mass is 480 g/mol. The number of carboxylic acid groups (broad SMARTS) is 1. The lowest BCUT2D eigenvalue weighted by Gasteiger charge is -2.28. The number of amides is 2. The number of benzene rings is 2. The molecule has 1 heterocycles. The number of aliphatic carboxylic acids is 1. The molecule has 4 atom stereocenters. The largest absolute Gasteiger partial charge is 0.481 e. The zero-order chi connectivity index (χ0) is 25.1. The summed E-state index contributed by atoms with van der Waals surface area (Å²) in [7, 11) is 1.48. The maximum absolute atomic E-state index is 13.3. The van der Waals surface area contributed by atoms with Gasteiger partial charge in [0.05, 0.1) is 12.5 Å². The van der Waals surface area contributed by atoms with E-state index >= 15 is 0 Å². The number of hydrogen-bond acceptors (Lipinski definition) is 5. The number of methoxy groups -OCH3 is 1. The molecule has 1 aliphatic carbocycles. The van der Waals surface area contributed by atoms with Crippen molar-refractivity contribution in [2.24, 2.45) is 11.8 Å². The Morgan fingerprint density at radius 3 is 2.23 bits per heavy atom. The van der Waals surface area contributed by atoms with Crippen LogP contribution in [-0.4, -0.2) is 66.9 Å². The zero-order valence-corrected chi connectivity index (χ0v) is 20.3. The van der Waals surface area contributed by atoms with Crippen LogP contribution in [0.15, 0.2) is 48.5 Å². The predicted octanol–water partition coefficient (Wildman–Crippen LogP) is 3.50. The van der Waals surface area contributed by atoms with Crippen molar-refractivity contribution in [3.63, 3.8) is 0 Å². The van der Waals surface area contributed by atoms with Crippen LogP contribution in [0.1, 0.15) is 37.3 Å². The van der Waals surface area contributed by atoms with E-state index in [4.69, 9.17) is 14.6 Å². The van der Waals surface area contributed by atoms with Gasteiger partial charge in [-0.05, 0) is 41.0 Å². The van der Waals surface area contributed by atoms with Gasteiger partial charge < -0.3 is 24.8 Å². The SMILES string of the molecule is CO[C@H](C)[C@H](NC(=O)OCC1c2ccccc2-c2ccccc21)C(=O)N1C[C@@H](CC(=O)O)[C@H](C)C1. The average Bonchev–Trinajstić information content (AvgIpc) is 3.37. The van der Waals surface area contributed by atoms with E-state index in [1.54, 1.807) is 11.8 Å². The van der Waals surface area contributed by atoms with E-state index < -0.39 is 24.2 Å². The summed E-state index contributed by atoms with van der Waals surface area (Å²) in [6.45, 7) is 4.57. The van der Waals surface area contributed by atoms with Gasteiger partial charge >= 0.3 is 12.1 Å². The van der Waals surface area contributed by atoms with Crippen molar-refractivity contribution in [1.82, 2.24) is 10.2 Å². The Bertz CT molecular complexity index is 1060. The number of carbonyl (C=O) groups excluding carboxylic acids is 2. The van der Waals surface area contributed by atoms with Crippen LogP contribution < -0.4 is 5.32 Å². The number of carbonyl (C=O) groups is 3. The minimum absolute atomic E-state index is 0.00918. The quantitative estimate of drug-likeness (QED) is 0.599. The molecule has 2 aromatic rings. The molecule has 1 aliphatic heterocycles. The third-order valence-electron chi connectivity index (χ3n) is 7.24. The summed E-state index contributed by atoms with van der Waals surface area (Å²) in [5.74, 6) is -1.33. The Morgan fingerprint density at radius 1 is 1.06 bits per heavy atom. The number of nitrogens with zero attached hydrogens (tertiary/aromatic N) is 1. The lowest BCUT2D eigenvalue weighted by molar-refractivity contribution is -0.139. The highest BCUT2D eigenvalue weighted by Gasteiger charge is 2.39. The van der Waals surface area contributed by atoms with Crippen LogP contribution in [-0.2, 0) is 19.1 Å². The molecule has 8 heteroatoms. The average molecular weight is 481 g/mol. The lowest BCUT2D eigenvalue weighted by atomic mass is 9.95. The molecule has 186 valence electrons. The van der Waals surface area contributed by atoms with Crippen LogP contribution in [0, 0.1) is 11.8 Å². The predicted molar refractivity (Wildman–Crippen MR) is 130 cm³/mol. The van der Waals surface area contributed by atoms with Crippen molar-refractivity contribution >= 4 is 18.0 Å². The Morgan fingerprint density at radius 2 is 1.66 bits per heavy atom. The van der Waals surface area contributed by atoms with Gasteiger partial charge in [-0.1, -0.05) is 55.5 Å². The van der Waals surface area contributed by atoms with Crippen LogP contribution in [0.2, 0.25) is 0 Å². The van der Waals surface area contributed by atoms with Gasteiger partial charge in [0.25, 0.3) is 0 Å². The fourth-order valence-corrected chi connectivity index (χ4v) is 5.18. The summed E-state index contributed by atoms with van der Waals surface area (Å²) in [6.07, 6.45) is -1.27. The van der Waals surface area contributed by atoms with E-state index in [0.29, 0.717) is 13.1 Å². The van der Waals surface area contributed by atoms with Crippen molar-refractivity contribution in [2.45, 2.75) is 38.3 Å². The van der Waals surface area contributed by atoms with E-state index in [1.165, 1.54) is 7.11 Å². The molecule has 1 saturated heterocycles. The molecule has 0 unspecified atom stereocenters. The number of likely N-dealkylation sites (tertiary alicyclic amines) is 1. The molecule has 1 fully saturated rings. The number of alkyl carbamates (subject to hydrolysis) is 1. The molecule has 0 spiro atoms. The standard InChI is InChI=1S/C27H32N2O6/c1-16-13-29(14-18(16)12-24(30)31)26(32)25(17(2)34-3)28-27(33)35-15-23-21-10-6-4-8-19(21)20-9-5-7-11-22(20)23/h4-11,16-18,23,25H,12-15H2,1-3H3,(H,28,33)(H,30,31)/t16-,17-,18-,25+/m1/s1. The summed E-state index contributed by atoms with van der Waals surface area (Å²) in [5.41, 5.74) is 4.49. The van der Waals surface area contributed by atoms with Gasteiger partial charge in [0, 0.05) is 26.1 Å². The highest BCUT2D eigenvalue weighted by atomic mass is 16.5. The number of carboxylic acids is 1. The first-order valence-corrected chi connectivity index (χ1v) is 11.9. The van der Waals surface area contributed by atoms with Crippen molar-refractivity contribution in [2.75, 3.05) is 26.8 Å². The lowest BCUT2D eigenvalue weighted by Crippen LogP contribution is -2.54. The smallest absolute Gasteiger partial charge is 0.407 e. The maximum atomic E-state index is 13.3. The second-order valence-corrected chi connectivity index (χ2v) is 9.47. The molecule has 2 aromatic carbocycles. The molecule has 2 amide bonds. The molecule has 35 heavy (non-hydrogen) atoms. The van der Waals surface area contributed by atoms with Crippen LogP contribution in [0.25, 0.3) is 11.1 Å².